The van der Waals surface area contributed by atoms with E-state index in [2.05, 4.69) is 10.6 Å². The van der Waals surface area contributed by atoms with Gasteiger partial charge in [0, 0.05) is 47.6 Å². The fourth-order valence-electron chi connectivity index (χ4n) is 4.51. The van der Waals surface area contributed by atoms with Crippen LogP contribution in [0, 0.1) is 0 Å². The molecule has 0 radical (unpaired) electrons. The standard InChI is InChI=1S/C22H26N2O5/c1-21(2)12-22(24-20(26)23-21)11-17(16-7-5-13(25)9-19(16)29-22)15-8-6-14(27-3)10-18(15)28-4/h5-10,17,25H,11-12H2,1-4H3,(H2,23,24,26)/t17-,22+/m0/s1. The highest BCUT2D eigenvalue weighted by Gasteiger charge is 2.50. The van der Waals surface area contributed by atoms with Crippen LogP contribution in [0.1, 0.15) is 43.7 Å². The zero-order chi connectivity index (χ0) is 20.8. The van der Waals surface area contributed by atoms with E-state index < -0.39 is 11.3 Å². The monoisotopic (exact) mass is 398 g/mol. The number of fused-ring (bicyclic) bond motifs is 1. The lowest BCUT2D eigenvalue weighted by Gasteiger charge is -2.49. The van der Waals surface area contributed by atoms with E-state index in [-0.39, 0.29) is 17.7 Å². The molecule has 1 fully saturated rings. The average molecular weight is 398 g/mol. The SMILES string of the molecule is COc1ccc([C@@H]2C[C@]3(CC(C)(C)NC(=O)N3)Oc3cc(O)ccc32)c(OC)c1. The molecule has 154 valence electrons. The number of phenolic OH excluding ortho intramolecular Hbond substituents is 1. The van der Waals surface area contributed by atoms with Crippen LogP contribution in [0.15, 0.2) is 36.4 Å². The quantitative estimate of drug-likeness (QED) is 0.736. The molecule has 2 aliphatic rings. The molecule has 29 heavy (non-hydrogen) atoms. The summed E-state index contributed by atoms with van der Waals surface area (Å²) in [7, 11) is 3.24. The first-order valence-corrected chi connectivity index (χ1v) is 9.58. The molecular weight excluding hydrogens is 372 g/mol. The Hall–Kier alpha value is -3.09. The second kappa shape index (κ2) is 6.76. The summed E-state index contributed by atoms with van der Waals surface area (Å²) in [6, 6.07) is 10.6. The molecule has 4 rings (SSSR count). The van der Waals surface area contributed by atoms with Crippen molar-refractivity contribution >= 4 is 6.03 Å². The lowest BCUT2D eigenvalue weighted by atomic mass is 9.77. The first-order valence-electron chi connectivity index (χ1n) is 9.58. The lowest BCUT2D eigenvalue weighted by molar-refractivity contribution is -0.0237. The van der Waals surface area contributed by atoms with Gasteiger partial charge in [-0.2, -0.15) is 0 Å². The third-order valence-electron chi connectivity index (χ3n) is 5.55. The molecule has 3 N–H and O–H groups in total. The molecule has 0 saturated carbocycles. The Bertz CT molecular complexity index is 958. The van der Waals surface area contributed by atoms with Gasteiger partial charge < -0.3 is 30.0 Å². The van der Waals surface area contributed by atoms with Crippen molar-refractivity contribution < 1.29 is 24.1 Å². The van der Waals surface area contributed by atoms with Crippen molar-refractivity contribution in [3.05, 3.63) is 47.5 Å². The van der Waals surface area contributed by atoms with Gasteiger partial charge in [-0.25, -0.2) is 4.79 Å². The maximum atomic E-state index is 12.4. The van der Waals surface area contributed by atoms with Crippen molar-refractivity contribution in [2.24, 2.45) is 0 Å². The normalized spacial score (nSPS) is 24.7. The van der Waals surface area contributed by atoms with Crippen molar-refractivity contribution in [2.75, 3.05) is 14.2 Å². The number of methoxy groups -OCH3 is 2. The number of nitrogens with one attached hydrogen (secondary N) is 2. The zero-order valence-corrected chi connectivity index (χ0v) is 17.0. The highest BCUT2D eigenvalue weighted by Crippen LogP contribution is 2.49. The second-order valence-electron chi connectivity index (χ2n) is 8.32. The Labute approximate surface area is 170 Å². The predicted molar refractivity (Wildman–Crippen MR) is 108 cm³/mol. The van der Waals surface area contributed by atoms with Crippen molar-refractivity contribution in [1.82, 2.24) is 10.6 Å². The van der Waals surface area contributed by atoms with Gasteiger partial charge in [0.25, 0.3) is 0 Å². The van der Waals surface area contributed by atoms with Gasteiger partial charge in [0.1, 0.15) is 23.0 Å². The summed E-state index contributed by atoms with van der Waals surface area (Å²) in [5.41, 5.74) is 0.559. The highest BCUT2D eigenvalue weighted by atomic mass is 16.5. The Morgan fingerprint density at radius 3 is 2.52 bits per heavy atom. The van der Waals surface area contributed by atoms with E-state index in [0.29, 0.717) is 30.1 Å². The van der Waals surface area contributed by atoms with E-state index >= 15 is 0 Å². The van der Waals surface area contributed by atoms with E-state index in [1.807, 2.05) is 38.1 Å². The Kier molecular flexibility index (Phi) is 4.48. The molecule has 0 unspecified atom stereocenters. The first-order chi connectivity index (χ1) is 13.7. The molecule has 2 aliphatic heterocycles. The van der Waals surface area contributed by atoms with Gasteiger partial charge in [0.15, 0.2) is 5.72 Å². The van der Waals surface area contributed by atoms with Crippen LogP contribution in [-0.4, -0.2) is 36.6 Å². The van der Waals surface area contributed by atoms with Crippen LogP contribution >= 0.6 is 0 Å². The molecule has 1 spiro atoms. The summed E-state index contributed by atoms with van der Waals surface area (Å²) in [5, 5.41) is 16.0. The van der Waals surface area contributed by atoms with Crippen LogP contribution < -0.4 is 24.8 Å². The molecule has 2 atom stereocenters. The highest BCUT2D eigenvalue weighted by molar-refractivity contribution is 5.77. The largest absolute Gasteiger partial charge is 0.508 e. The smallest absolute Gasteiger partial charge is 0.318 e. The van der Waals surface area contributed by atoms with Crippen molar-refractivity contribution in [2.45, 2.75) is 43.9 Å². The molecule has 1 saturated heterocycles. The molecule has 7 nitrogen and oxygen atoms in total. The number of rotatable bonds is 3. The number of hydrogen-bond acceptors (Lipinski definition) is 5. The van der Waals surface area contributed by atoms with E-state index in [0.717, 1.165) is 11.1 Å². The molecule has 2 aromatic rings. The Balaban J connectivity index is 1.84. The number of phenols is 1. The van der Waals surface area contributed by atoms with Crippen molar-refractivity contribution in [3.8, 4) is 23.0 Å². The molecule has 0 bridgehead atoms. The third kappa shape index (κ3) is 3.52. The van der Waals surface area contributed by atoms with Gasteiger partial charge in [-0.1, -0.05) is 12.1 Å². The maximum absolute atomic E-state index is 12.4. The number of hydrogen-bond donors (Lipinski definition) is 3. The number of carbonyl (C=O) groups is 1. The Morgan fingerprint density at radius 1 is 1.07 bits per heavy atom. The molecule has 2 aromatic carbocycles. The maximum Gasteiger partial charge on any atom is 0.318 e. The Morgan fingerprint density at radius 2 is 1.83 bits per heavy atom. The average Bonchev–Trinajstić information content (AvgIpc) is 2.64. The number of amides is 2. The zero-order valence-electron chi connectivity index (χ0n) is 17.0. The van der Waals surface area contributed by atoms with Gasteiger partial charge in [0.2, 0.25) is 0 Å². The summed E-state index contributed by atoms with van der Waals surface area (Å²) in [4.78, 5) is 12.4. The van der Waals surface area contributed by atoms with Crippen molar-refractivity contribution in [3.63, 3.8) is 0 Å². The lowest BCUT2D eigenvalue weighted by Crippen LogP contribution is -2.69. The minimum atomic E-state index is -0.901. The molecule has 0 aromatic heterocycles. The van der Waals surface area contributed by atoms with E-state index in [1.165, 1.54) is 0 Å². The number of benzene rings is 2. The first kappa shape index (κ1) is 19.2. The minimum Gasteiger partial charge on any atom is -0.508 e. The molecule has 2 amide bonds. The van der Waals surface area contributed by atoms with E-state index in [4.69, 9.17) is 14.2 Å². The van der Waals surface area contributed by atoms with Crippen LogP contribution in [0.5, 0.6) is 23.0 Å². The molecule has 7 heteroatoms. The van der Waals surface area contributed by atoms with Gasteiger partial charge in [-0.05, 0) is 26.0 Å². The van der Waals surface area contributed by atoms with E-state index in [9.17, 15) is 9.90 Å². The fourth-order valence-corrected chi connectivity index (χ4v) is 4.51. The minimum absolute atomic E-state index is 0.102. The number of carbonyl (C=O) groups excluding carboxylic acids is 1. The molecule has 2 heterocycles. The van der Waals surface area contributed by atoms with E-state index in [1.54, 1.807) is 26.4 Å². The summed E-state index contributed by atoms with van der Waals surface area (Å²) < 4.78 is 17.3. The topological polar surface area (TPSA) is 89.1 Å². The number of urea groups is 1. The molecular formula is C22H26N2O5. The van der Waals surface area contributed by atoms with Crippen LogP contribution in [0.4, 0.5) is 4.79 Å². The molecule has 0 aliphatic carbocycles. The van der Waals surface area contributed by atoms with Crippen molar-refractivity contribution in [1.29, 1.82) is 0 Å². The fraction of sp³-hybridized carbons (Fsp3) is 0.409. The van der Waals surface area contributed by atoms with Crippen LogP contribution in [0.3, 0.4) is 0 Å². The van der Waals surface area contributed by atoms with Crippen LogP contribution in [-0.2, 0) is 0 Å². The second-order valence-corrected chi connectivity index (χ2v) is 8.32. The summed E-state index contributed by atoms with van der Waals surface area (Å²) in [5.74, 6) is 1.96. The van der Waals surface area contributed by atoms with Crippen LogP contribution in [0.25, 0.3) is 0 Å². The van der Waals surface area contributed by atoms with Gasteiger partial charge in [-0.15, -0.1) is 0 Å². The number of ether oxygens (including phenoxy) is 3. The third-order valence-corrected chi connectivity index (χ3v) is 5.55. The summed E-state index contributed by atoms with van der Waals surface area (Å²) >= 11 is 0. The summed E-state index contributed by atoms with van der Waals surface area (Å²) in [6.45, 7) is 3.94. The van der Waals surface area contributed by atoms with Gasteiger partial charge >= 0.3 is 6.03 Å². The van der Waals surface area contributed by atoms with Crippen LogP contribution in [0.2, 0.25) is 0 Å². The number of aromatic hydroxyl groups is 1. The summed E-state index contributed by atoms with van der Waals surface area (Å²) in [6.07, 6.45) is 1.10. The predicted octanol–water partition coefficient (Wildman–Crippen LogP) is 3.50. The van der Waals surface area contributed by atoms with Gasteiger partial charge in [0.05, 0.1) is 14.2 Å². The van der Waals surface area contributed by atoms with Gasteiger partial charge in [-0.3, -0.25) is 0 Å².